The lowest BCUT2D eigenvalue weighted by Crippen LogP contribution is -2.30. The van der Waals surface area contributed by atoms with Gasteiger partial charge in [-0.15, -0.1) is 0 Å². The Hall–Kier alpha value is -3.00. The Kier molecular flexibility index (Phi) is 7.67. The molecule has 2 rings (SSSR count). The predicted octanol–water partition coefficient (Wildman–Crippen LogP) is 3.29. The molecule has 9 heteroatoms. The molecule has 0 spiro atoms. The number of nitrogens with zero attached hydrogens (tertiary/aromatic N) is 1. The van der Waals surface area contributed by atoms with E-state index in [0.717, 1.165) is 5.69 Å². The Balaban J connectivity index is 2.25. The molecule has 0 aliphatic rings. The van der Waals surface area contributed by atoms with E-state index in [9.17, 15) is 14.4 Å². The van der Waals surface area contributed by atoms with Crippen LogP contribution in [0.25, 0.3) is 0 Å². The molecule has 1 heterocycles. The normalized spacial score (nSPS) is 10.4. The summed E-state index contributed by atoms with van der Waals surface area (Å²) in [4.78, 5) is 37.2. The highest BCUT2D eigenvalue weighted by Crippen LogP contribution is 2.23. The summed E-state index contributed by atoms with van der Waals surface area (Å²) >= 11 is 5.84. The number of hydrogen-bond donors (Lipinski definition) is 2. The quantitative estimate of drug-likeness (QED) is 0.634. The number of ether oxygens (including phenoxy) is 2. The molecule has 0 atom stereocenters. The summed E-state index contributed by atoms with van der Waals surface area (Å²) < 4.78 is 11.5. The standard InChI is InChI=1S/C20H24ClN3O5/c1-5-28-19(26)17-12(3)24(13(4)18(17)20(27)29-6-2)23-16(25)11-22-15-9-7-14(21)8-10-15/h7-10,22H,5-6,11H2,1-4H3,(H,23,25). The van der Waals surface area contributed by atoms with Gasteiger partial charge in [-0.05, 0) is 52.0 Å². The van der Waals surface area contributed by atoms with E-state index in [-0.39, 0.29) is 36.8 Å². The molecule has 8 nitrogen and oxygen atoms in total. The van der Waals surface area contributed by atoms with Crippen LogP contribution >= 0.6 is 11.6 Å². The van der Waals surface area contributed by atoms with Gasteiger partial charge in [-0.25, -0.2) is 9.59 Å². The van der Waals surface area contributed by atoms with Crippen molar-refractivity contribution in [3.05, 3.63) is 51.8 Å². The number of carbonyl (C=O) groups is 3. The second-order valence-electron chi connectivity index (χ2n) is 6.09. The van der Waals surface area contributed by atoms with Crippen molar-refractivity contribution in [1.82, 2.24) is 4.68 Å². The van der Waals surface area contributed by atoms with Crippen LogP contribution in [0.3, 0.4) is 0 Å². The van der Waals surface area contributed by atoms with Crippen LogP contribution in [0.5, 0.6) is 0 Å². The molecule has 0 unspecified atom stereocenters. The molecule has 0 saturated carbocycles. The summed E-state index contributed by atoms with van der Waals surface area (Å²) in [5.41, 5.74) is 4.33. The maximum absolute atomic E-state index is 12.4. The third kappa shape index (κ3) is 5.29. The van der Waals surface area contributed by atoms with Gasteiger partial charge in [0.15, 0.2) is 0 Å². The average Bonchev–Trinajstić information content (AvgIpc) is 2.92. The van der Waals surface area contributed by atoms with E-state index in [0.29, 0.717) is 16.4 Å². The summed E-state index contributed by atoms with van der Waals surface area (Å²) in [6.07, 6.45) is 0. The van der Waals surface area contributed by atoms with Crippen molar-refractivity contribution in [3.8, 4) is 0 Å². The minimum atomic E-state index is -0.650. The number of amides is 1. The third-order valence-corrected chi connectivity index (χ3v) is 4.39. The van der Waals surface area contributed by atoms with Crippen LogP contribution in [0.1, 0.15) is 46.0 Å². The highest BCUT2D eigenvalue weighted by molar-refractivity contribution is 6.30. The first-order valence-corrected chi connectivity index (χ1v) is 9.53. The molecule has 0 fully saturated rings. The number of aromatic nitrogens is 1. The Bertz CT molecular complexity index is 864. The van der Waals surface area contributed by atoms with Crippen molar-refractivity contribution >= 4 is 35.1 Å². The van der Waals surface area contributed by atoms with E-state index >= 15 is 0 Å². The SMILES string of the molecule is CCOC(=O)c1c(C(=O)OCC)c(C)n(NC(=O)CNc2ccc(Cl)cc2)c1C. The molecule has 29 heavy (non-hydrogen) atoms. The number of rotatable bonds is 8. The second-order valence-corrected chi connectivity index (χ2v) is 6.53. The lowest BCUT2D eigenvalue weighted by atomic mass is 10.1. The van der Waals surface area contributed by atoms with E-state index < -0.39 is 11.9 Å². The summed E-state index contributed by atoms with van der Waals surface area (Å²) in [6.45, 7) is 6.87. The van der Waals surface area contributed by atoms with Gasteiger partial charge in [-0.3, -0.25) is 14.9 Å². The zero-order valence-electron chi connectivity index (χ0n) is 16.8. The fourth-order valence-corrected chi connectivity index (χ4v) is 2.95. The van der Waals surface area contributed by atoms with Crippen molar-refractivity contribution in [2.75, 3.05) is 30.5 Å². The number of esters is 2. The minimum absolute atomic E-state index is 0.0256. The smallest absolute Gasteiger partial charge is 0.340 e. The number of benzene rings is 1. The van der Waals surface area contributed by atoms with Gasteiger partial charge in [-0.2, -0.15) is 0 Å². The second kappa shape index (κ2) is 9.97. The molecule has 2 aromatic rings. The molecule has 2 N–H and O–H groups in total. The van der Waals surface area contributed by atoms with Crippen LogP contribution in [0.2, 0.25) is 5.02 Å². The molecule has 1 aromatic carbocycles. The maximum atomic E-state index is 12.4. The average molecular weight is 422 g/mol. The molecule has 156 valence electrons. The molecular weight excluding hydrogens is 398 g/mol. The first-order chi connectivity index (χ1) is 13.8. The van der Waals surface area contributed by atoms with Crippen molar-refractivity contribution in [3.63, 3.8) is 0 Å². The van der Waals surface area contributed by atoms with Crippen LogP contribution in [0.4, 0.5) is 5.69 Å². The lowest BCUT2D eigenvalue weighted by Gasteiger charge is -2.13. The van der Waals surface area contributed by atoms with E-state index in [4.69, 9.17) is 21.1 Å². The summed E-state index contributed by atoms with van der Waals surface area (Å²) in [7, 11) is 0. The molecule has 1 aromatic heterocycles. The highest BCUT2D eigenvalue weighted by Gasteiger charge is 2.30. The van der Waals surface area contributed by atoms with Gasteiger partial charge in [-0.1, -0.05) is 11.6 Å². The Morgan fingerprint density at radius 1 is 0.931 bits per heavy atom. The van der Waals surface area contributed by atoms with Crippen LogP contribution in [0, 0.1) is 13.8 Å². The van der Waals surface area contributed by atoms with E-state index in [1.807, 2.05) is 0 Å². The van der Waals surface area contributed by atoms with Crippen LogP contribution in [-0.2, 0) is 14.3 Å². The molecule has 0 radical (unpaired) electrons. The number of hydrogen-bond acceptors (Lipinski definition) is 6. The Morgan fingerprint density at radius 2 is 1.41 bits per heavy atom. The fraction of sp³-hybridized carbons (Fsp3) is 0.350. The van der Waals surface area contributed by atoms with Crippen molar-refractivity contribution in [2.45, 2.75) is 27.7 Å². The molecule has 0 aliphatic carbocycles. The van der Waals surface area contributed by atoms with Crippen molar-refractivity contribution in [1.29, 1.82) is 0 Å². The van der Waals surface area contributed by atoms with Gasteiger partial charge >= 0.3 is 11.9 Å². The monoisotopic (exact) mass is 421 g/mol. The first-order valence-electron chi connectivity index (χ1n) is 9.15. The summed E-state index contributed by atoms with van der Waals surface area (Å²) in [6, 6.07) is 6.91. The fourth-order valence-electron chi connectivity index (χ4n) is 2.83. The van der Waals surface area contributed by atoms with Gasteiger partial charge < -0.3 is 14.8 Å². The minimum Gasteiger partial charge on any atom is -0.462 e. The van der Waals surface area contributed by atoms with E-state index in [2.05, 4.69) is 10.7 Å². The van der Waals surface area contributed by atoms with Gasteiger partial charge in [0, 0.05) is 10.7 Å². The molecule has 1 amide bonds. The predicted molar refractivity (Wildman–Crippen MR) is 110 cm³/mol. The molecule has 0 aliphatic heterocycles. The highest BCUT2D eigenvalue weighted by atomic mass is 35.5. The Morgan fingerprint density at radius 3 is 1.86 bits per heavy atom. The third-order valence-electron chi connectivity index (χ3n) is 4.14. The summed E-state index contributed by atoms with van der Waals surface area (Å²) in [5.74, 6) is -1.67. The number of nitrogens with one attached hydrogen (secondary N) is 2. The van der Waals surface area contributed by atoms with Crippen molar-refractivity contribution in [2.24, 2.45) is 0 Å². The van der Waals surface area contributed by atoms with E-state index in [1.165, 1.54) is 4.68 Å². The summed E-state index contributed by atoms with van der Waals surface area (Å²) in [5, 5.41) is 3.57. The number of carbonyl (C=O) groups excluding carboxylic acids is 3. The number of anilines is 1. The van der Waals surface area contributed by atoms with Crippen LogP contribution in [0.15, 0.2) is 24.3 Å². The van der Waals surface area contributed by atoms with Gasteiger partial charge in [0.2, 0.25) is 0 Å². The number of halogens is 1. The van der Waals surface area contributed by atoms with Gasteiger partial charge in [0.25, 0.3) is 5.91 Å². The van der Waals surface area contributed by atoms with E-state index in [1.54, 1.807) is 52.0 Å². The lowest BCUT2D eigenvalue weighted by molar-refractivity contribution is -0.115. The maximum Gasteiger partial charge on any atom is 0.340 e. The first kappa shape index (κ1) is 22.3. The topological polar surface area (TPSA) is 98.7 Å². The zero-order valence-corrected chi connectivity index (χ0v) is 17.6. The molecule has 0 bridgehead atoms. The molecule has 0 saturated heterocycles. The van der Waals surface area contributed by atoms with Gasteiger partial charge in [0.05, 0.1) is 42.3 Å². The van der Waals surface area contributed by atoms with Crippen LogP contribution in [-0.4, -0.2) is 42.3 Å². The van der Waals surface area contributed by atoms with Crippen LogP contribution < -0.4 is 10.7 Å². The Labute approximate surface area is 174 Å². The zero-order chi connectivity index (χ0) is 21.6. The van der Waals surface area contributed by atoms with Gasteiger partial charge in [0.1, 0.15) is 0 Å². The van der Waals surface area contributed by atoms with Crippen molar-refractivity contribution < 1.29 is 23.9 Å². The molecular formula is C20H24ClN3O5. The largest absolute Gasteiger partial charge is 0.462 e.